The normalized spacial score (nSPS) is 10.7. The number of ether oxygens (including phenoxy) is 1. The van der Waals surface area contributed by atoms with E-state index < -0.39 is 0 Å². The quantitative estimate of drug-likeness (QED) is 0.782. The number of hydrogen-bond donors (Lipinski definition) is 0. The third-order valence-corrected chi connectivity index (χ3v) is 2.06. The number of rotatable bonds is 3. The standard InChI is InChI=1S/C11H13BrO/c1-3-13-11-5-4-10(6-7-12)9(2)8-11/h4-8H,3H2,1-2H3/b7-6+. The van der Waals surface area contributed by atoms with E-state index in [-0.39, 0.29) is 0 Å². The lowest BCUT2D eigenvalue weighted by molar-refractivity contribution is 0.340. The van der Waals surface area contributed by atoms with Crippen LogP contribution in [-0.2, 0) is 0 Å². The van der Waals surface area contributed by atoms with Crippen molar-refractivity contribution in [3.05, 3.63) is 34.3 Å². The SMILES string of the molecule is CCOc1ccc(/C=C/Br)c(C)c1. The van der Waals surface area contributed by atoms with E-state index in [0.717, 1.165) is 5.75 Å². The summed E-state index contributed by atoms with van der Waals surface area (Å²) in [5, 5.41) is 0. The fraction of sp³-hybridized carbons (Fsp3) is 0.273. The molecule has 0 aromatic heterocycles. The van der Waals surface area contributed by atoms with Crippen molar-refractivity contribution in [1.29, 1.82) is 0 Å². The van der Waals surface area contributed by atoms with Crippen LogP contribution in [-0.4, -0.2) is 6.61 Å². The van der Waals surface area contributed by atoms with E-state index in [4.69, 9.17) is 4.74 Å². The number of halogens is 1. The Hall–Kier alpha value is -0.760. The Morgan fingerprint density at radius 1 is 1.46 bits per heavy atom. The maximum absolute atomic E-state index is 5.38. The van der Waals surface area contributed by atoms with Crippen molar-refractivity contribution in [2.24, 2.45) is 0 Å². The van der Waals surface area contributed by atoms with Gasteiger partial charge in [-0.1, -0.05) is 22.0 Å². The molecule has 0 saturated carbocycles. The highest BCUT2D eigenvalue weighted by atomic mass is 79.9. The molecular weight excluding hydrogens is 228 g/mol. The summed E-state index contributed by atoms with van der Waals surface area (Å²) in [4.78, 5) is 1.86. The summed E-state index contributed by atoms with van der Waals surface area (Å²) in [6, 6.07) is 6.09. The summed E-state index contributed by atoms with van der Waals surface area (Å²) >= 11 is 3.26. The molecule has 0 aliphatic heterocycles. The van der Waals surface area contributed by atoms with Gasteiger partial charge in [0.2, 0.25) is 0 Å². The zero-order valence-corrected chi connectivity index (χ0v) is 9.47. The van der Waals surface area contributed by atoms with Crippen LogP contribution in [0.3, 0.4) is 0 Å². The number of hydrogen-bond acceptors (Lipinski definition) is 1. The van der Waals surface area contributed by atoms with Gasteiger partial charge in [0.15, 0.2) is 0 Å². The van der Waals surface area contributed by atoms with Crippen LogP contribution in [0.4, 0.5) is 0 Å². The van der Waals surface area contributed by atoms with Crippen LogP contribution in [0, 0.1) is 6.92 Å². The Morgan fingerprint density at radius 2 is 2.23 bits per heavy atom. The molecule has 0 radical (unpaired) electrons. The maximum atomic E-state index is 5.38. The predicted octanol–water partition coefficient (Wildman–Crippen LogP) is 3.76. The summed E-state index contributed by atoms with van der Waals surface area (Å²) in [5.41, 5.74) is 2.43. The molecule has 0 aliphatic rings. The van der Waals surface area contributed by atoms with E-state index in [9.17, 15) is 0 Å². The van der Waals surface area contributed by atoms with Gasteiger partial charge in [-0.25, -0.2) is 0 Å². The predicted molar refractivity (Wildman–Crippen MR) is 60.3 cm³/mol. The lowest BCUT2D eigenvalue weighted by atomic mass is 10.1. The van der Waals surface area contributed by atoms with Crippen molar-refractivity contribution in [2.75, 3.05) is 6.61 Å². The molecule has 0 saturated heterocycles. The number of benzene rings is 1. The molecule has 1 nitrogen and oxygen atoms in total. The third-order valence-electron chi connectivity index (χ3n) is 1.79. The van der Waals surface area contributed by atoms with Gasteiger partial charge in [-0.2, -0.15) is 0 Å². The van der Waals surface area contributed by atoms with Gasteiger partial charge in [0.1, 0.15) is 5.75 Å². The molecule has 0 fully saturated rings. The molecule has 1 rings (SSSR count). The van der Waals surface area contributed by atoms with Gasteiger partial charge in [-0.3, -0.25) is 0 Å². The summed E-state index contributed by atoms with van der Waals surface area (Å²) in [7, 11) is 0. The van der Waals surface area contributed by atoms with E-state index in [1.807, 2.05) is 30.1 Å². The first-order valence-corrected chi connectivity index (χ1v) is 5.19. The van der Waals surface area contributed by atoms with E-state index in [2.05, 4.69) is 28.9 Å². The van der Waals surface area contributed by atoms with Gasteiger partial charge in [0, 0.05) is 0 Å². The molecule has 0 bridgehead atoms. The van der Waals surface area contributed by atoms with Crippen LogP contribution < -0.4 is 4.74 Å². The van der Waals surface area contributed by atoms with Crippen LogP contribution in [0.2, 0.25) is 0 Å². The fourth-order valence-corrected chi connectivity index (χ4v) is 1.44. The zero-order valence-electron chi connectivity index (χ0n) is 7.88. The Balaban J connectivity index is 2.91. The lowest BCUT2D eigenvalue weighted by Crippen LogP contribution is -1.92. The molecule has 70 valence electrons. The van der Waals surface area contributed by atoms with Crippen molar-refractivity contribution < 1.29 is 4.74 Å². The molecule has 0 atom stereocenters. The molecule has 2 heteroatoms. The Kier molecular flexibility index (Phi) is 4.03. The molecule has 1 aromatic carbocycles. The second-order valence-corrected chi connectivity index (χ2v) is 3.27. The van der Waals surface area contributed by atoms with Gasteiger partial charge < -0.3 is 4.74 Å². The zero-order chi connectivity index (χ0) is 9.68. The van der Waals surface area contributed by atoms with E-state index >= 15 is 0 Å². The monoisotopic (exact) mass is 240 g/mol. The Bertz CT molecular complexity index is 305. The van der Waals surface area contributed by atoms with Crippen LogP contribution in [0.15, 0.2) is 23.2 Å². The molecule has 0 unspecified atom stereocenters. The van der Waals surface area contributed by atoms with Crippen LogP contribution in [0.25, 0.3) is 6.08 Å². The molecule has 0 heterocycles. The summed E-state index contributed by atoms with van der Waals surface area (Å²) < 4.78 is 5.38. The van der Waals surface area contributed by atoms with Crippen LogP contribution in [0.5, 0.6) is 5.75 Å². The van der Waals surface area contributed by atoms with Gasteiger partial charge in [-0.15, -0.1) is 0 Å². The molecule has 1 aromatic rings. The first-order valence-electron chi connectivity index (χ1n) is 4.28. The van der Waals surface area contributed by atoms with Crippen molar-refractivity contribution in [3.63, 3.8) is 0 Å². The average Bonchev–Trinajstić information content (AvgIpc) is 2.10. The van der Waals surface area contributed by atoms with Crippen molar-refractivity contribution in [3.8, 4) is 5.75 Å². The van der Waals surface area contributed by atoms with Gasteiger partial charge >= 0.3 is 0 Å². The maximum Gasteiger partial charge on any atom is 0.119 e. The minimum atomic E-state index is 0.715. The number of aryl methyl sites for hydroxylation is 1. The van der Waals surface area contributed by atoms with Crippen molar-refractivity contribution >= 4 is 22.0 Å². The molecule has 0 aliphatic carbocycles. The lowest BCUT2D eigenvalue weighted by Gasteiger charge is -2.05. The van der Waals surface area contributed by atoms with Crippen molar-refractivity contribution in [1.82, 2.24) is 0 Å². The topological polar surface area (TPSA) is 9.23 Å². The minimum Gasteiger partial charge on any atom is -0.494 e. The first kappa shape index (κ1) is 10.3. The van der Waals surface area contributed by atoms with Gasteiger partial charge in [0.05, 0.1) is 6.61 Å². The Labute approximate surface area is 87.5 Å². The second-order valence-electron chi connectivity index (χ2n) is 2.74. The largest absolute Gasteiger partial charge is 0.494 e. The summed E-state index contributed by atoms with van der Waals surface area (Å²) in [6.45, 7) is 4.78. The van der Waals surface area contributed by atoms with Crippen molar-refractivity contribution in [2.45, 2.75) is 13.8 Å². The molecule has 0 spiro atoms. The van der Waals surface area contributed by atoms with Gasteiger partial charge in [-0.05, 0) is 48.2 Å². The average molecular weight is 241 g/mol. The minimum absolute atomic E-state index is 0.715. The third kappa shape index (κ3) is 2.88. The smallest absolute Gasteiger partial charge is 0.119 e. The van der Waals surface area contributed by atoms with E-state index in [1.165, 1.54) is 11.1 Å². The van der Waals surface area contributed by atoms with E-state index in [0.29, 0.717) is 6.61 Å². The Morgan fingerprint density at radius 3 is 2.77 bits per heavy atom. The summed E-state index contributed by atoms with van der Waals surface area (Å²) in [5.74, 6) is 0.937. The summed E-state index contributed by atoms with van der Waals surface area (Å²) in [6.07, 6.45) is 2.02. The molecule has 13 heavy (non-hydrogen) atoms. The van der Waals surface area contributed by atoms with Crippen LogP contribution >= 0.6 is 15.9 Å². The molecular formula is C11H13BrO. The highest BCUT2D eigenvalue weighted by molar-refractivity contribution is 9.11. The molecule has 0 amide bonds. The van der Waals surface area contributed by atoms with E-state index in [1.54, 1.807) is 0 Å². The second kappa shape index (κ2) is 5.07. The molecule has 0 N–H and O–H groups in total. The highest BCUT2D eigenvalue weighted by Crippen LogP contribution is 2.18. The fourth-order valence-electron chi connectivity index (χ4n) is 1.16. The van der Waals surface area contributed by atoms with Crippen LogP contribution in [0.1, 0.15) is 18.1 Å². The van der Waals surface area contributed by atoms with Gasteiger partial charge in [0.25, 0.3) is 0 Å². The first-order chi connectivity index (χ1) is 6.27. The highest BCUT2D eigenvalue weighted by Gasteiger charge is 1.96.